The third-order valence-corrected chi connectivity index (χ3v) is 3.35. The van der Waals surface area contributed by atoms with Crippen LogP contribution in [0.5, 0.6) is 0 Å². The summed E-state index contributed by atoms with van der Waals surface area (Å²) in [6.45, 7) is 0. The second-order valence-corrected chi connectivity index (χ2v) is 4.00. The summed E-state index contributed by atoms with van der Waals surface area (Å²) in [7, 11) is 0. The third-order valence-electron chi connectivity index (χ3n) is 2.01. The topological polar surface area (TPSA) is 34.1 Å². The molecular weight excluding hydrogens is 267 g/mol. The van der Waals surface area contributed by atoms with Crippen LogP contribution in [0.3, 0.4) is 0 Å². The van der Waals surface area contributed by atoms with Gasteiger partial charge in [-0.15, -0.1) is 0 Å². The van der Waals surface area contributed by atoms with Crippen LogP contribution in [0, 0.1) is 0 Å². The Hall–Kier alpha value is -0.930. The Balaban J connectivity index is 2.73. The molecule has 0 heterocycles. The summed E-state index contributed by atoms with van der Waals surface area (Å²) >= 11 is 8.71. The largest absolute Gasteiger partial charge is 0.288 e. The van der Waals surface area contributed by atoms with E-state index >= 15 is 0 Å². The minimum Gasteiger partial charge on any atom is -0.288 e. The van der Waals surface area contributed by atoms with E-state index in [1.807, 2.05) is 0 Å². The second-order valence-electron chi connectivity index (χ2n) is 2.83. The summed E-state index contributed by atoms with van der Waals surface area (Å²) < 4.78 is 0.142. The molecule has 2 rings (SSSR count). The average molecular weight is 271 g/mol. The molecule has 0 saturated heterocycles. The number of halogens is 2. The predicted molar refractivity (Wildman–Crippen MR) is 56.9 cm³/mol. The lowest BCUT2D eigenvalue weighted by molar-refractivity contribution is 0.0988. The van der Waals surface area contributed by atoms with Gasteiger partial charge in [-0.25, -0.2) is 0 Å². The van der Waals surface area contributed by atoms with Crippen molar-refractivity contribution < 1.29 is 9.59 Å². The molecule has 0 amide bonds. The van der Waals surface area contributed by atoms with Crippen LogP contribution >= 0.6 is 27.5 Å². The van der Waals surface area contributed by atoms with Crippen molar-refractivity contribution in [1.82, 2.24) is 0 Å². The van der Waals surface area contributed by atoms with Gasteiger partial charge in [0.1, 0.15) is 5.03 Å². The fourth-order valence-corrected chi connectivity index (χ4v) is 1.90. The molecule has 0 aromatic heterocycles. The molecule has 0 spiro atoms. The number of carbonyl (C=O) groups is 2. The van der Waals surface area contributed by atoms with Crippen LogP contribution in [0.25, 0.3) is 0 Å². The molecule has 0 atom stereocenters. The Morgan fingerprint density at radius 1 is 1.00 bits per heavy atom. The minimum absolute atomic E-state index is 0.0475. The van der Waals surface area contributed by atoms with Gasteiger partial charge in [-0.3, -0.25) is 9.59 Å². The average Bonchev–Trinajstić information content (AvgIpc) is 2.23. The number of carbonyl (C=O) groups excluding carboxylic acids is 2. The molecule has 0 N–H and O–H groups in total. The van der Waals surface area contributed by atoms with Crippen LogP contribution in [0.2, 0.25) is 0 Å². The van der Waals surface area contributed by atoms with E-state index in [9.17, 15) is 9.59 Å². The van der Waals surface area contributed by atoms with Crippen LogP contribution < -0.4 is 0 Å². The molecular formula is C10H4BrClO2. The van der Waals surface area contributed by atoms with Crippen molar-refractivity contribution in [2.75, 3.05) is 0 Å². The van der Waals surface area contributed by atoms with Crippen LogP contribution in [-0.2, 0) is 0 Å². The number of hydrogen-bond acceptors (Lipinski definition) is 2. The zero-order valence-electron chi connectivity index (χ0n) is 6.88. The number of fused-ring (bicyclic) bond motifs is 1. The van der Waals surface area contributed by atoms with Gasteiger partial charge in [0.15, 0.2) is 0 Å². The van der Waals surface area contributed by atoms with Crippen molar-refractivity contribution in [1.29, 1.82) is 0 Å². The lowest BCUT2D eigenvalue weighted by atomic mass is 9.95. The van der Waals surface area contributed by atoms with Crippen molar-refractivity contribution >= 4 is 39.1 Å². The zero-order chi connectivity index (χ0) is 10.3. The van der Waals surface area contributed by atoms with Gasteiger partial charge < -0.3 is 0 Å². The Morgan fingerprint density at radius 3 is 2.07 bits per heavy atom. The maximum absolute atomic E-state index is 11.6. The Labute approximate surface area is 93.7 Å². The van der Waals surface area contributed by atoms with E-state index in [0.717, 1.165) is 0 Å². The van der Waals surface area contributed by atoms with E-state index in [-0.39, 0.29) is 21.1 Å². The van der Waals surface area contributed by atoms with E-state index < -0.39 is 0 Å². The molecule has 1 aliphatic carbocycles. The van der Waals surface area contributed by atoms with Crippen molar-refractivity contribution in [3.8, 4) is 0 Å². The number of Topliss-reactive ketones (excluding diaryl/α,β-unsaturated/α-hetero) is 2. The number of ketones is 2. The number of rotatable bonds is 0. The van der Waals surface area contributed by atoms with Gasteiger partial charge >= 0.3 is 0 Å². The summed E-state index contributed by atoms with van der Waals surface area (Å²) in [4.78, 5) is 23.2. The van der Waals surface area contributed by atoms with Gasteiger partial charge in [0.25, 0.3) is 0 Å². The molecule has 14 heavy (non-hydrogen) atoms. The van der Waals surface area contributed by atoms with Gasteiger partial charge in [0.2, 0.25) is 11.6 Å². The molecule has 4 heteroatoms. The maximum Gasteiger partial charge on any atom is 0.206 e. The fourth-order valence-electron chi connectivity index (χ4n) is 1.31. The first kappa shape index (κ1) is 9.62. The minimum atomic E-state index is -0.311. The molecule has 0 saturated carbocycles. The van der Waals surface area contributed by atoms with Crippen LogP contribution in [-0.4, -0.2) is 11.6 Å². The van der Waals surface area contributed by atoms with E-state index in [1.54, 1.807) is 24.3 Å². The fraction of sp³-hybridized carbons (Fsp3) is 0. The highest BCUT2D eigenvalue weighted by molar-refractivity contribution is 9.12. The Kier molecular flexibility index (Phi) is 2.29. The highest BCUT2D eigenvalue weighted by Crippen LogP contribution is 2.31. The predicted octanol–water partition coefficient (Wildman–Crippen LogP) is 2.91. The van der Waals surface area contributed by atoms with E-state index in [4.69, 9.17) is 11.6 Å². The molecule has 0 radical (unpaired) electrons. The van der Waals surface area contributed by atoms with E-state index in [0.29, 0.717) is 11.1 Å². The highest BCUT2D eigenvalue weighted by atomic mass is 79.9. The number of benzene rings is 1. The lowest BCUT2D eigenvalue weighted by Crippen LogP contribution is -2.17. The zero-order valence-corrected chi connectivity index (χ0v) is 9.22. The Morgan fingerprint density at radius 2 is 1.50 bits per heavy atom. The molecule has 0 unspecified atom stereocenters. The van der Waals surface area contributed by atoms with Crippen LogP contribution in [0.1, 0.15) is 20.7 Å². The number of hydrogen-bond donors (Lipinski definition) is 0. The number of allylic oxidation sites excluding steroid dienone is 2. The van der Waals surface area contributed by atoms with Crippen LogP contribution in [0.15, 0.2) is 33.8 Å². The molecule has 1 aromatic rings. The summed E-state index contributed by atoms with van der Waals surface area (Å²) in [5.74, 6) is -0.557. The molecule has 70 valence electrons. The molecule has 0 bridgehead atoms. The van der Waals surface area contributed by atoms with Gasteiger partial charge in [0, 0.05) is 11.1 Å². The maximum atomic E-state index is 11.6. The molecule has 1 aromatic carbocycles. The first-order valence-electron chi connectivity index (χ1n) is 3.86. The first-order valence-corrected chi connectivity index (χ1v) is 5.03. The second kappa shape index (κ2) is 3.33. The summed E-state index contributed by atoms with van der Waals surface area (Å²) in [5, 5.41) is -0.0475. The normalized spacial score (nSPS) is 15.9. The molecule has 0 aliphatic heterocycles. The van der Waals surface area contributed by atoms with Gasteiger partial charge in [0.05, 0.1) is 4.48 Å². The lowest BCUT2D eigenvalue weighted by Gasteiger charge is -2.13. The molecule has 1 aliphatic rings. The Bertz CT molecular complexity index is 434. The van der Waals surface area contributed by atoms with Crippen molar-refractivity contribution in [3.05, 3.63) is 44.9 Å². The quantitative estimate of drug-likeness (QED) is 0.727. The molecule has 0 fully saturated rings. The van der Waals surface area contributed by atoms with Crippen molar-refractivity contribution in [2.24, 2.45) is 0 Å². The monoisotopic (exact) mass is 270 g/mol. The standard InChI is InChI=1S/C10H4BrClO2/c11-7-8(12)10(14)6-4-2-1-3-5(6)9(7)13/h1-4H. The smallest absolute Gasteiger partial charge is 0.206 e. The van der Waals surface area contributed by atoms with Gasteiger partial charge in [-0.05, 0) is 15.9 Å². The molecule has 2 nitrogen and oxygen atoms in total. The van der Waals surface area contributed by atoms with Gasteiger partial charge in [-0.2, -0.15) is 0 Å². The van der Waals surface area contributed by atoms with Gasteiger partial charge in [-0.1, -0.05) is 35.9 Å². The summed E-state index contributed by atoms with van der Waals surface area (Å²) in [6.07, 6.45) is 0. The first-order chi connectivity index (χ1) is 6.63. The SMILES string of the molecule is O=C1C(Cl)=C(Br)C(=O)c2ccccc21. The van der Waals surface area contributed by atoms with Crippen molar-refractivity contribution in [3.63, 3.8) is 0 Å². The van der Waals surface area contributed by atoms with E-state index in [1.165, 1.54) is 0 Å². The van der Waals surface area contributed by atoms with E-state index in [2.05, 4.69) is 15.9 Å². The van der Waals surface area contributed by atoms with Crippen molar-refractivity contribution in [2.45, 2.75) is 0 Å². The third kappa shape index (κ3) is 1.24. The summed E-state index contributed by atoms with van der Waals surface area (Å²) in [6, 6.07) is 6.62. The van der Waals surface area contributed by atoms with Crippen LogP contribution in [0.4, 0.5) is 0 Å². The highest BCUT2D eigenvalue weighted by Gasteiger charge is 2.29. The summed E-state index contributed by atoms with van der Waals surface area (Å²) in [5.41, 5.74) is 0.763.